The second-order valence-corrected chi connectivity index (χ2v) is 3.24. The van der Waals surface area contributed by atoms with E-state index in [1.165, 1.54) is 11.5 Å². The maximum absolute atomic E-state index is 5.35. The van der Waals surface area contributed by atoms with Crippen LogP contribution in [-0.4, -0.2) is 42.8 Å². The third kappa shape index (κ3) is 4.35. The maximum Gasteiger partial charge on any atom is 0.233 e. The molecule has 0 aliphatic heterocycles. The lowest BCUT2D eigenvalue weighted by Crippen LogP contribution is -2.11. The molecular formula is C7H14N4O2S. The van der Waals surface area contributed by atoms with Gasteiger partial charge in [0.2, 0.25) is 11.1 Å². The van der Waals surface area contributed by atoms with Gasteiger partial charge in [0.15, 0.2) is 0 Å². The first-order valence-corrected chi connectivity index (χ1v) is 5.00. The lowest BCUT2D eigenvalue weighted by atomic mass is 10.7. The quantitative estimate of drug-likeness (QED) is 0.636. The van der Waals surface area contributed by atoms with Crippen LogP contribution >= 0.6 is 11.5 Å². The molecule has 14 heavy (non-hydrogen) atoms. The van der Waals surface area contributed by atoms with Crippen LogP contribution in [-0.2, 0) is 9.47 Å². The number of rotatable bonds is 7. The first kappa shape index (κ1) is 11.2. The van der Waals surface area contributed by atoms with Crippen molar-refractivity contribution in [2.24, 2.45) is 0 Å². The molecule has 1 rings (SSSR count). The predicted molar refractivity (Wildman–Crippen MR) is 55.5 cm³/mol. The highest BCUT2D eigenvalue weighted by atomic mass is 32.1. The monoisotopic (exact) mass is 218 g/mol. The maximum atomic E-state index is 5.35. The minimum absolute atomic E-state index is 0.304. The van der Waals surface area contributed by atoms with E-state index >= 15 is 0 Å². The van der Waals surface area contributed by atoms with E-state index in [1.54, 1.807) is 7.11 Å². The Balaban J connectivity index is 1.99. The molecule has 0 bridgehead atoms. The predicted octanol–water partition coefficient (Wildman–Crippen LogP) is 0.195. The first-order chi connectivity index (χ1) is 6.83. The average molecular weight is 218 g/mol. The molecule has 0 amide bonds. The molecule has 0 atom stereocenters. The Kier molecular flexibility index (Phi) is 5.20. The normalized spacial score (nSPS) is 10.4. The van der Waals surface area contributed by atoms with Gasteiger partial charge in [-0.05, 0) is 0 Å². The molecule has 1 aromatic heterocycles. The van der Waals surface area contributed by atoms with Gasteiger partial charge < -0.3 is 20.5 Å². The molecule has 0 radical (unpaired) electrons. The van der Waals surface area contributed by atoms with E-state index < -0.39 is 0 Å². The molecule has 0 aliphatic rings. The van der Waals surface area contributed by atoms with Crippen molar-refractivity contribution in [3.8, 4) is 0 Å². The number of nitrogen functional groups attached to an aromatic ring is 1. The molecule has 0 unspecified atom stereocenters. The second kappa shape index (κ2) is 6.52. The Morgan fingerprint density at radius 1 is 1.43 bits per heavy atom. The zero-order chi connectivity index (χ0) is 10.2. The number of ether oxygens (including phenoxy) is 2. The summed E-state index contributed by atoms with van der Waals surface area (Å²) in [6.07, 6.45) is 0. The SMILES string of the molecule is COCCOCCNc1nc(N)ns1. The molecule has 1 aromatic rings. The Hall–Kier alpha value is -0.920. The number of methoxy groups -OCH3 is 1. The van der Waals surface area contributed by atoms with Gasteiger partial charge in [-0.2, -0.15) is 9.36 Å². The van der Waals surface area contributed by atoms with Gasteiger partial charge in [0.25, 0.3) is 0 Å². The van der Waals surface area contributed by atoms with Gasteiger partial charge in [-0.15, -0.1) is 0 Å². The summed E-state index contributed by atoms with van der Waals surface area (Å²) in [6, 6.07) is 0. The molecule has 0 aromatic carbocycles. The summed E-state index contributed by atoms with van der Waals surface area (Å²) < 4.78 is 13.9. The minimum atomic E-state index is 0.304. The summed E-state index contributed by atoms with van der Waals surface area (Å²) in [4.78, 5) is 3.94. The van der Waals surface area contributed by atoms with Crippen LogP contribution in [0.15, 0.2) is 0 Å². The Morgan fingerprint density at radius 3 is 2.93 bits per heavy atom. The van der Waals surface area contributed by atoms with E-state index in [1.807, 2.05) is 0 Å². The van der Waals surface area contributed by atoms with Crippen molar-refractivity contribution in [3.05, 3.63) is 0 Å². The molecule has 0 aliphatic carbocycles. The smallest absolute Gasteiger partial charge is 0.233 e. The van der Waals surface area contributed by atoms with Gasteiger partial charge in [-0.1, -0.05) is 0 Å². The van der Waals surface area contributed by atoms with Crippen LogP contribution in [0.3, 0.4) is 0 Å². The molecule has 0 saturated carbocycles. The molecule has 80 valence electrons. The summed E-state index contributed by atoms with van der Waals surface area (Å²) in [6.45, 7) is 2.53. The highest BCUT2D eigenvalue weighted by Gasteiger charge is 1.98. The number of hydrogen-bond donors (Lipinski definition) is 2. The lowest BCUT2D eigenvalue weighted by Gasteiger charge is -2.03. The Bertz CT molecular complexity index is 256. The van der Waals surface area contributed by atoms with Gasteiger partial charge in [-0.25, -0.2) is 0 Å². The molecule has 0 saturated heterocycles. The number of nitrogens with one attached hydrogen (secondary N) is 1. The fourth-order valence-electron chi connectivity index (χ4n) is 0.781. The van der Waals surface area contributed by atoms with Crippen molar-refractivity contribution >= 4 is 22.6 Å². The van der Waals surface area contributed by atoms with Crippen LogP contribution in [0.5, 0.6) is 0 Å². The van der Waals surface area contributed by atoms with E-state index in [2.05, 4.69) is 14.7 Å². The van der Waals surface area contributed by atoms with Crippen LogP contribution in [0, 0.1) is 0 Å². The molecule has 0 fully saturated rings. The molecule has 0 spiro atoms. The van der Waals surface area contributed by atoms with E-state index in [4.69, 9.17) is 15.2 Å². The lowest BCUT2D eigenvalue weighted by molar-refractivity contribution is 0.0759. The third-order valence-electron chi connectivity index (χ3n) is 1.40. The van der Waals surface area contributed by atoms with Crippen LogP contribution in [0.4, 0.5) is 11.1 Å². The standard InChI is InChI=1S/C7H14N4O2S/c1-12-4-5-13-3-2-9-7-10-6(8)11-14-7/h2-5H2,1H3,(H3,8,9,10,11). The van der Waals surface area contributed by atoms with Gasteiger partial charge in [-0.3, -0.25) is 0 Å². The van der Waals surface area contributed by atoms with Crippen molar-refractivity contribution in [2.45, 2.75) is 0 Å². The van der Waals surface area contributed by atoms with Crippen molar-refractivity contribution in [1.82, 2.24) is 9.36 Å². The third-order valence-corrected chi connectivity index (χ3v) is 2.08. The molecule has 3 N–H and O–H groups in total. The number of hydrogen-bond acceptors (Lipinski definition) is 7. The second-order valence-electron chi connectivity index (χ2n) is 2.49. The highest BCUT2D eigenvalue weighted by molar-refractivity contribution is 7.09. The van der Waals surface area contributed by atoms with E-state index in [-0.39, 0.29) is 0 Å². The number of nitrogens with zero attached hydrogens (tertiary/aromatic N) is 2. The summed E-state index contributed by atoms with van der Waals surface area (Å²) in [5.74, 6) is 0.304. The largest absolute Gasteiger partial charge is 0.382 e. The summed E-state index contributed by atoms with van der Waals surface area (Å²) in [5.41, 5.74) is 5.35. The van der Waals surface area contributed by atoms with Crippen molar-refractivity contribution in [3.63, 3.8) is 0 Å². The number of aromatic nitrogens is 2. The summed E-state index contributed by atoms with van der Waals surface area (Å²) in [5, 5.41) is 3.76. The molecular weight excluding hydrogens is 204 g/mol. The van der Waals surface area contributed by atoms with E-state index in [0.717, 1.165) is 5.13 Å². The van der Waals surface area contributed by atoms with E-state index in [0.29, 0.717) is 32.3 Å². The van der Waals surface area contributed by atoms with Gasteiger partial charge in [0, 0.05) is 25.2 Å². The summed E-state index contributed by atoms with van der Waals surface area (Å²) >= 11 is 1.24. The zero-order valence-electron chi connectivity index (χ0n) is 8.02. The van der Waals surface area contributed by atoms with Gasteiger partial charge in [0.1, 0.15) is 0 Å². The number of nitrogens with two attached hydrogens (primary N) is 1. The van der Waals surface area contributed by atoms with Crippen LogP contribution in [0.2, 0.25) is 0 Å². The first-order valence-electron chi connectivity index (χ1n) is 4.22. The van der Waals surface area contributed by atoms with Gasteiger partial charge in [0.05, 0.1) is 19.8 Å². The van der Waals surface area contributed by atoms with E-state index in [9.17, 15) is 0 Å². The van der Waals surface area contributed by atoms with Crippen LogP contribution < -0.4 is 11.1 Å². The fraction of sp³-hybridized carbons (Fsp3) is 0.714. The minimum Gasteiger partial charge on any atom is -0.382 e. The molecule has 1 heterocycles. The molecule has 6 nitrogen and oxygen atoms in total. The van der Waals surface area contributed by atoms with Gasteiger partial charge >= 0.3 is 0 Å². The molecule has 7 heteroatoms. The van der Waals surface area contributed by atoms with Crippen molar-refractivity contribution in [1.29, 1.82) is 0 Å². The Morgan fingerprint density at radius 2 is 2.29 bits per heavy atom. The topological polar surface area (TPSA) is 82.3 Å². The average Bonchev–Trinajstić information content (AvgIpc) is 2.58. The Labute approximate surface area is 86.6 Å². The fourth-order valence-corrected chi connectivity index (χ4v) is 1.30. The zero-order valence-corrected chi connectivity index (χ0v) is 8.84. The van der Waals surface area contributed by atoms with Crippen molar-refractivity contribution in [2.75, 3.05) is 44.5 Å². The van der Waals surface area contributed by atoms with Crippen LogP contribution in [0.1, 0.15) is 0 Å². The van der Waals surface area contributed by atoms with Crippen LogP contribution in [0.25, 0.3) is 0 Å². The summed E-state index contributed by atoms with van der Waals surface area (Å²) in [7, 11) is 1.64. The highest BCUT2D eigenvalue weighted by Crippen LogP contribution is 2.10. The van der Waals surface area contributed by atoms with Crippen molar-refractivity contribution < 1.29 is 9.47 Å². The number of anilines is 2.